The van der Waals surface area contributed by atoms with Gasteiger partial charge in [-0.1, -0.05) is 27.7 Å². The van der Waals surface area contributed by atoms with E-state index in [0.717, 1.165) is 6.61 Å². The van der Waals surface area contributed by atoms with E-state index in [0.29, 0.717) is 19.1 Å². The lowest BCUT2D eigenvalue weighted by atomic mass is 10.0. The maximum atomic E-state index is 11.0. The summed E-state index contributed by atoms with van der Waals surface area (Å²) in [6, 6.07) is -0.257. The van der Waals surface area contributed by atoms with Gasteiger partial charge in [-0.3, -0.25) is 4.79 Å². The Labute approximate surface area is 92.6 Å². The standard InChI is InChI=1S/C11H24N2O2/c1-8(2)7-15-6-5-13-10(9(3)4)11(12)14/h8-10,13H,5-7H2,1-4H3,(H2,12,14). The van der Waals surface area contributed by atoms with Gasteiger partial charge in [-0.05, 0) is 11.8 Å². The number of amides is 1. The van der Waals surface area contributed by atoms with E-state index in [-0.39, 0.29) is 17.9 Å². The molecule has 1 unspecified atom stereocenters. The van der Waals surface area contributed by atoms with E-state index in [1.165, 1.54) is 0 Å². The largest absolute Gasteiger partial charge is 0.380 e. The van der Waals surface area contributed by atoms with Crippen molar-refractivity contribution in [3.63, 3.8) is 0 Å². The second-order valence-corrected chi connectivity index (χ2v) is 4.55. The summed E-state index contributed by atoms with van der Waals surface area (Å²) in [5, 5.41) is 3.09. The fourth-order valence-corrected chi connectivity index (χ4v) is 1.27. The van der Waals surface area contributed by atoms with Crippen LogP contribution in [0.25, 0.3) is 0 Å². The molecule has 0 aromatic heterocycles. The molecule has 0 saturated carbocycles. The number of carbonyl (C=O) groups is 1. The number of hydrogen-bond acceptors (Lipinski definition) is 3. The normalized spacial score (nSPS) is 13.5. The van der Waals surface area contributed by atoms with Crippen LogP contribution in [0.5, 0.6) is 0 Å². The Morgan fingerprint density at radius 3 is 2.33 bits per heavy atom. The summed E-state index contributed by atoms with van der Waals surface area (Å²) in [7, 11) is 0. The first kappa shape index (κ1) is 14.4. The van der Waals surface area contributed by atoms with Crippen molar-refractivity contribution in [3.05, 3.63) is 0 Å². The molecule has 0 spiro atoms. The number of nitrogens with one attached hydrogen (secondary N) is 1. The highest BCUT2D eigenvalue weighted by Gasteiger charge is 2.17. The molecular formula is C11H24N2O2. The molecule has 0 radical (unpaired) electrons. The average molecular weight is 216 g/mol. The quantitative estimate of drug-likeness (QED) is 0.589. The highest BCUT2D eigenvalue weighted by atomic mass is 16.5. The Balaban J connectivity index is 3.59. The first-order valence-electron chi connectivity index (χ1n) is 5.55. The molecule has 0 aliphatic rings. The number of nitrogens with two attached hydrogens (primary N) is 1. The third-order valence-corrected chi connectivity index (χ3v) is 2.04. The van der Waals surface area contributed by atoms with Crippen LogP contribution < -0.4 is 11.1 Å². The zero-order valence-corrected chi connectivity index (χ0v) is 10.2. The molecule has 0 aliphatic carbocycles. The Kier molecular flexibility index (Phi) is 7.34. The van der Waals surface area contributed by atoms with Crippen LogP contribution in [-0.2, 0) is 9.53 Å². The number of carbonyl (C=O) groups excluding carboxylic acids is 1. The van der Waals surface area contributed by atoms with E-state index < -0.39 is 0 Å². The van der Waals surface area contributed by atoms with Crippen molar-refractivity contribution in [2.75, 3.05) is 19.8 Å². The van der Waals surface area contributed by atoms with Gasteiger partial charge in [0.15, 0.2) is 0 Å². The molecule has 0 heterocycles. The topological polar surface area (TPSA) is 64.3 Å². The van der Waals surface area contributed by atoms with Crippen molar-refractivity contribution in [2.45, 2.75) is 33.7 Å². The average Bonchev–Trinajstić information content (AvgIpc) is 2.08. The second kappa shape index (κ2) is 7.65. The fraction of sp³-hybridized carbons (Fsp3) is 0.909. The van der Waals surface area contributed by atoms with Gasteiger partial charge in [0.25, 0.3) is 0 Å². The zero-order valence-electron chi connectivity index (χ0n) is 10.2. The third kappa shape index (κ3) is 7.33. The number of ether oxygens (including phenoxy) is 1. The van der Waals surface area contributed by atoms with Crippen LogP contribution in [-0.4, -0.2) is 31.7 Å². The van der Waals surface area contributed by atoms with Crippen molar-refractivity contribution >= 4 is 5.91 Å². The molecule has 0 aliphatic heterocycles. The molecule has 0 fully saturated rings. The van der Waals surface area contributed by atoms with E-state index in [1.807, 2.05) is 13.8 Å². The molecule has 4 heteroatoms. The minimum absolute atomic E-state index is 0.215. The van der Waals surface area contributed by atoms with E-state index in [1.54, 1.807) is 0 Å². The summed E-state index contributed by atoms with van der Waals surface area (Å²) < 4.78 is 5.39. The molecule has 1 amide bonds. The van der Waals surface area contributed by atoms with Crippen molar-refractivity contribution in [3.8, 4) is 0 Å². The minimum Gasteiger partial charge on any atom is -0.380 e. The van der Waals surface area contributed by atoms with Crippen LogP contribution in [0, 0.1) is 11.8 Å². The SMILES string of the molecule is CC(C)COCCNC(C(N)=O)C(C)C. The van der Waals surface area contributed by atoms with Crippen LogP contribution in [0.4, 0.5) is 0 Å². The highest BCUT2D eigenvalue weighted by Crippen LogP contribution is 2.00. The smallest absolute Gasteiger partial charge is 0.234 e. The maximum Gasteiger partial charge on any atom is 0.234 e. The van der Waals surface area contributed by atoms with Crippen LogP contribution in [0.15, 0.2) is 0 Å². The predicted molar refractivity (Wildman–Crippen MR) is 61.5 cm³/mol. The third-order valence-electron chi connectivity index (χ3n) is 2.04. The molecule has 0 aromatic rings. The summed E-state index contributed by atoms with van der Waals surface area (Å²) in [5.41, 5.74) is 5.26. The highest BCUT2D eigenvalue weighted by molar-refractivity contribution is 5.80. The Morgan fingerprint density at radius 1 is 1.33 bits per heavy atom. The van der Waals surface area contributed by atoms with E-state index in [2.05, 4.69) is 19.2 Å². The van der Waals surface area contributed by atoms with E-state index in [4.69, 9.17) is 10.5 Å². The van der Waals surface area contributed by atoms with Crippen LogP contribution in [0.1, 0.15) is 27.7 Å². The van der Waals surface area contributed by atoms with Crippen LogP contribution in [0.3, 0.4) is 0 Å². The van der Waals surface area contributed by atoms with Gasteiger partial charge in [-0.15, -0.1) is 0 Å². The first-order valence-corrected chi connectivity index (χ1v) is 5.55. The molecule has 0 saturated heterocycles. The van der Waals surface area contributed by atoms with Gasteiger partial charge in [-0.25, -0.2) is 0 Å². The van der Waals surface area contributed by atoms with Gasteiger partial charge in [0, 0.05) is 13.2 Å². The van der Waals surface area contributed by atoms with Crippen molar-refractivity contribution in [1.29, 1.82) is 0 Å². The molecule has 90 valence electrons. The number of rotatable bonds is 8. The second-order valence-electron chi connectivity index (χ2n) is 4.55. The zero-order chi connectivity index (χ0) is 11.8. The minimum atomic E-state index is -0.297. The molecule has 0 aromatic carbocycles. The molecule has 4 nitrogen and oxygen atoms in total. The van der Waals surface area contributed by atoms with Crippen LogP contribution in [0.2, 0.25) is 0 Å². The van der Waals surface area contributed by atoms with E-state index >= 15 is 0 Å². The lowest BCUT2D eigenvalue weighted by Gasteiger charge is -2.19. The Bertz CT molecular complexity index is 181. The molecule has 3 N–H and O–H groups in total. The first-order chi connectivity index (χ1) is 6.95. The lowest BCUT2D eigenvalue weighted by molar-refractivity contribution is -0.121. The molecular weight excluding hydrogens is 192 g/mol. The summed E-state index contributed by atoms with van der Waals surface area (Å²) >= 11 is 0. The fourth-order valence-electron chi connectivity index (χ4n) is 1.27. The lowest BCUT2D eigenvalue weighted by Crippen LogP contribution is -2.46. The maximum absolute atomic E-state index is 11.0. The molecule has 15 heavy (non-hydrogen) atoms. The summed E-state index contributed by atoms with van der Waals surface area (Å²) in [4.78, 5) is 11.0. The van der Waals surface area contributed by atoms with Crippen LogP contribution >= 0.6 is 0 Å². The van der Waals surface area contributed by atoms with Gasteiger partial charge in [0.1, 0.15) is 0 Å². The van der Waals surface area contributed by atoms with Crippen molar-refractivity contribution < 1.29 is 9.53 Å². The van der Waals surface area contributed by atoms with Gasteiger partial charge in [0.2, 0.25) is 5.91 Å². The molecule has 0 rings (SSSR count). The predicted octanol–water partition coefficient (Wildman–Crippen LogP) is 0.759. The van der Waals surface area contributed by atoms with Crippen molar-refractivity contribution in [2.24, 2.45) is 17.6 Å². The Morgan fingerprint density at radius 2 is 1.93 bits per heavy atom. The number of primary amides is 1. The van der Waals surface area contributed by atoms with Gasteiger partial charge < -0.3 is 15.8 Å². The van der Waals surface area contributed by atoms with Gasteiger partial charge in [0.05, 0.1) is 12.6 Å². The van der Waals surface area contributed by atoms with Gasteiger partial charge in [-0.2, -0.15) is 0 Å². The van der Waals surface area contributed by atoms with Crippen molar-refractivity contribution in [1.82, 2.24) is 5.32 Å². The number of hydrogen-bond donors (Lipinski definition) is 2. The monoisotopic (exact) mass is 216 g/mol. The Hall–Kier alpha value is -0.610. The van der Waals surface area contributed by atoms with E-state index in [9.17, 15) is 4.79 Å². The summed E-state index contributed by atoms with van der Waals surface area (Å²) in [6.45, 7) is 10.2. The summed E-state index contributed by atoms with van der Waals surface area (Å²) in [6.07, 6.45) is 0. The molecule has 0 bridgehead atoms. The molecule has 1 atom stereocenters. The summed E-state index contributed by atoms with van der Waals surface area (Å²) in [5.74, 6) is 0.462. The van der Waals surface area contributed by atoms with Gasteiger partial charge >= 0.3 is 0 Å².